The molecule has 0 unspecified atom stereocenters. The molecule has 0 fully saturated rings. The van der Waals surface area contributed by atoms with Crippen molar-refractivity contribution in [2.75, 3.05) is 19.6 Å². The molecule has 0 heterocycles. The minimum atomic E-state index is -0.236. The molecule has 0 spiro atoms. The monoisotopic (exact) mass is 129 g/mol. The van der Waals surface area contributed by atoms with Crippen LogP contribution in [-0.2, 0) is 0 Å². The Hall–Kier alpha value is -0.380. The van der Waals surface area contributed by atoms with Gasteiger partial charge in [-0.05, 0) is 0 Å². The Morgan fingerprint density at radius 2 is 1.44 bits per heavy atom. The molecule has 0 aliphatic carbocycles. The van der Waals surface area contributed by atoms with Gasteiger partial charge in [0.2, 0.25) is 0 Å². The van der Waals surface area contributed by atoms with Crippen LogP contribution in [0.1, 0.15) is 0 Å². The Balaban J connectivity index is 3.98. The molecule has 0 saturated heterocycles. The SMILES string of the molecule is C=CC(CN)(CN)CN. The predicted octanol–water partition coefficient (Wildman–Crippen LogP) is -0.965. The first-order chi connectivity index (χ1) is 4.24. The average Bonchev–Trinajstić information content (AvgIpc) is 1.95. The van der Waals surface area contributed by atoms with E-state index < -0.39 is 0 Å². The van der Waals surface area contributed by atoms with Crippen molar-refractivity contribution in [2.24, 2.45) is 22.6 Å². The molecule has 0 bridgehead atoms. The van der Waals surface area contributed by atoms with Crippen LogP contribution < -0.4 is 17.2 Å². The molecular weight excluding hydrogens is 114 g/mol. The van der Waals surface area contributed by atoms with E-state index in [0.29, 0.717) is 19.6 Å². The van der Waals surface area contributed by atoms with E-state index in [2.05, 4.69) is 6.58 Å². The number of hydrogen-bond acceptors (Lipinski definition) is 3. The summed E-state index contributed by atoms with van der Waals surface area (Å²) in [5.41, 5.74) is 16.0. The van der Waals surface area contributed by atoms with Gasteiger partial charge in [-0.25, -0.2) is 0 Å². The van der Waals surface area contributed by atoms with Gasteiger partial charge in [-0.2, -0.15) is 0 Å². The van der Waals surface area contributed by atoms with Crippen LogP contribution >= 0.6 is 0 Å². The standard InChI is InChI=1S/C6H15N3/c1-2-6(3-7,4-8)5-9/h2H,1,3-5,7-9H2. The highest BCUT2D eigenvalue weighted by Crippen LogP contribution is 2.11. The third-order valence-electron chi connectivity index (χ3n) is 1.65. The number of nitrogens with two attached hydrogens (primary N) is 3. The van der Waals surface area contributed by atoms with Gasteiger partial charge in [0, 0.05) is 25.0 Å². The largest absolute Gasteiger partial charge is 0.330 e. The van der Waals surface area contributed by atoms with Crippen molar-refractivity contribution in [2.45, 2.75) is 0 Å². The molecule has 0 aliphatic heterocycles. The lowest BCUT2D eigenvalue weighted by molar-refractivity contribution is 0.419. The molecule has 3 nitrogen and oxygen atoms in total. The zero-order valence-corrected chi connectivity index (χ0v) is 5.64. The van der Waals surface area contributed by atoms with Crippen LogP contribution in [0.3, 0.4) is 0 Å². The van der Waals surface area contributed by atoms with Crippen molar-refractivity contribution in [1.29, 1.82) is 0 Å². The molecule has 0 aromatic rings. The normalized spacial score (nSPS) is 11.4. The molecular formula is C6H15N3. The van der Waals surface area contributed by atoms with Gasteiger partial charge in [0.1, 0.15) is 0 Å². The zero-order valence-electron chi connectivity index (χ0n) is 5.64. The molecule has 0 radical (unpaired) electrons. The fraction of sp³-hybridized carbons (Fsp3) is 0.667. The topological polar surface area (TPSA) is 78.1 Å². The molecule has 54 valence electrons. The second-order valence-electron chi connectivity index (χ2n) is 2.18. The third kappa shape index (κ3) is 1.78. The van der Waals surface area contributed by atoms with E-state index in [1.807, 2.05) is 0 Å². The van der Waals surface area contributed by atoms with Gasteiger partial charge in [0.25, 0.3) is 0 Å². The maximum atomic E-state index is 5.41. The minimum Gasteiger partial charge on any atom is -0.330 e. The van der Waals surface area contributed by atoms with E-state index in [1.165, 1.54) is 0 Å². The maximum absolute atomic E-state index is 5.41. The molecule has 0 aromatic carbocycles. The van der Waals surface area contributed by atoms with Crippen LogP contribution in [-0.4, -0.2) is 19.6 Å². The summed E-state index contributed by atoms with van der Waals surface area (Å²) in [7, 11) is 0. The number of rotatable bonds is 4. The molecule has 9 heavy (non-hydrogen) atoms. The van der Waals surface area contributed by atoms with E-state index in [9.17, 15) is 0 Å². The van der Waals surface area contributed by atoms with E-state index in [-0.39, 0.29) is 5.41 Å². The smallest absolute Gasteiger partial charge is 0.0247 e. The van der Waals surface area contributed by atoms with Crippen molar-refractivity contribution < 1.29 is 0 Å². The van der Waals surface area contributed by atoms with Crippen molar-refractivity contribution in [3.63, 3.8) is 0 Å². The highest BCUT2D eigenvalue weighted by atomic mass is 14.7. The van der Waals surface area contributed by atoms with Crippen LogP contribution in [0.5, 0.6) is 0 Å². The van der Waals surface area contributed by atoms with Crippen LogP contribution in [0.4, 0.5) is 0 Å². The third-order valence-corrected chi connectivity index (χ3v) is 1.65. The van der Waals surface area contributed by atoms with Gasteiger partial charge in [-0.3, -0.25) is 0 Å². The minimum absolute atomic E-state index is 0.236. The van der Waals surface area contributed by atoms with Gasteiger partial charge >= 0.3 is 0 Å². The molecule has 0 rings (SSSR count). The lowest BCUT2D eigenvalue weighted by Gasteiger charge is -2.24. The summed E-state index contributed by atoms with van der Waals surface area (Å²) in [4.78, 5) is 0. The highest BCUT2D eigenvalue weighted by molar-refractivity contribution is 4.97. The van der Waals surface area contributed by atoms with Crippen LogP contribution in [0.2, 0.25) is 0 Å². The Labute approximate surface area is 55.9 Å². The fourth-order valence-electron chi connectivity index (χ4n) is 0.500. The fourth-order valence-corrected chi connectivity index (χ4v) is 0.500. The molecule has 0 amide bonds. The quantitative estimate of drug-likeness (QED) is 0.427. The van der Waals surface area contributed by atoms with Crippen molar-refractivity contribution in [3.05, 3.63) is 12.7 Å². The van der Waals surface area contributed by atoms with E-state index >= 15 is 0 Å². The van der Waals surface area contributed by atoms with Crippen LogP contribution in [0.25, 0.3) is 0 Å². The Kier molecular flexibility index (Phi) is 3.46. The number of hydrogen-bond donors (Lipinski definition) is 3. The van der Waals surface area contributed by atoms with E-state index in [1.54, 1.807) is 6.08 Å². The highest BCUT2D eigenvalue weighted by Gasteiger charge is 2.19. The maximum Gasteiger partial charge on any atom is 0.0247 e. The van der Waals surface area contributed by atoms with Crippen molar-refractivity contribution >= 4 is 0 Å². The van der Waals surface area contributed by atoms with Gasteiger partial charge in [0.15, 0.2) is 0 Å². The summed E-state index contributed by atoms with van der Waals surface area (Å²) in [6.45, 7) is 5.03. The summed E-state index contributed by atoms with van der Waals surface area (Å²) < 4.78 is 0. The second kappa shape index (κ2) is 3.61. The first kappa shape index (κ1) is 8.62. The van der Waals surface area contributed by atoms with Gasteiger partial charge in [-0.1, -0.05) is 6.08 Å². The summed E-state index contributed by atoms with van der Waals surface area (Å²) in [6.07, 6.45) is 1.73. The molecule has 0 aromatic heterocycles. The molecule has 0 atom stereocenters. The van der Waals surface area contributed by atoms with Crippen LogP contribution in [0, 0.1) is 5.41 Å². The predicted molar refractivity (Wildman–Crippen MR) is 39.8 cm³/mol. The molecule has 0 saturated carbocycles. The average molecular weight is 129 g/mol. The second-order valence-corrected chi connectivity index (χ2v) is 2.18. The molecule has 6 N–H and O–H groups in total. The van der Waals surface area contributed by atoms with Crippen molar-refractivity contribution in [1.82, 2.24) is 0 Å². The first-order valence-electron chi connectivity index (χ1n) is 2.98. The Morgan fingerprint density at radius 3 is 1.44 bits per heavy atom. The van der Waals surface area contributed by atoms with E-state index in [0.717, 1.165) is 0 Å². The molecule has 3 heteroatoms. The van der Waals surface area contributed by atoms with Gasteiger partial charge in [0.05, 0.1) is 0 Å². The summed E-state index contributed by atoms with van der Waals surface area (Å²) in [5.74, 6) is 0. The lowest BCUT2D eigenvalue weighted by atomic mass is 9.89. The molecule has 0 aliphatic rings. The lowest BCUT2D eigenvalue weighted by Crippen LogP contribution is -2.42. The van der Waals surface area contributed by atoms with Crippen LogP contribution in [0.15, 0.2) is 12.7 Å². The van der Waals surface area contributed by atoms with Gasteiger partial charge in [-0.15, -0.1) is 6.58 Å². The van der Waals surface area contributed by atoms with E-state index in [4.69, 9.17) is 17.2 Å². The Bertz CT molecular complexity index is 78.0. The summed E-state index contributed by atoms with van der Waals surface area (Å²) >= 11 is 0. The van der Waals surface area contributed by atoms with Crippen molar-refractivity contribution in [3.8, 4) is 0 Å². The van der Waals surface area contributed by atoms with Gasteiger partial charge < -0.3 is 17.2 Å². The first-order valence-corrected chi connectivity index (χ1v) is 2.98. The Morgan fingerprint density at radius 1 is 1.11 bits per heavy atom. The summed E-state index contributed by atoms with van der Waals surface area (Å²) in [6, 6.07) is 0. The summed E-state index contributed by atoms with van der Waals surface area (Å²) in [5, 5.41) is 0. The zero-order chi connectivity index (χ0) is 7.33.